The Kier molecular flexibility index (Phi) is 4.45. The Labute approximate surface area is 192 Å². The van der Waals surface area contributed by atoms with Crippen molar-refractivity contribution in [2.75, 3.05) is 0 Å². The predicted octanol–water partition coefficient (Wildman–Crippen LogP) is 6.32. The molecule has 0 aliphatic heterocycles. The number of benzene rings is 3. The van der Waals surface area contributed by atoms with Crippen molar-refractivity contribution in [1.82, 2.24) is 24.5 Å². The average molecular weight is 456 g/mol. The second kappa shape index (κ2) is 7.50. The molecule has 6 rings (SSSR count). The van der Waals surface area contributed by atoms with Crippen LogP contribution in [0.4, 0.5) is 4.39 Å². The zero-order valence-corrected chi connectivity index (χ0v) is 18.1. The van der Waals surface area contributed by atoms with Crippen molar-refractivity contribution in [3.8, 4) is 23.0 Å². The average Bonchev–Trinajstić information content (AvgIpc) is 3.20. The fraction of sp³-hybridized carbons (Fsp3) is 0.0400. The molecule has 6 nitrogen and oxygen atoms in total. The molecule has 0 bridgehead atoms. The van der Waals surface area contributed by atoms with E-state index in [-0.39, 0.29) is 17.2 Å². The summed E-state index contributed by atoms with van der Waals surface area (Å²) in [7, 11) is 1.90. The van der Waals surface area contributed by atoms with Crippen LogP contribution in [0, 0.1) is 5.82 Å². The molecule has 0 spiro atoms. The van der Waals surface area contributed by atoms with Gasteiger partial charge in [0.05, 0.1) is 17.4 Å². The highest BCUT2D eigenvalue weighted by Gasteiger charge is 2.17. The summed E-state index contributed by atoms with van der Waals surface area (Å²) >= 11 is 6.44. The molecule has 8 heteroatoms. The van der Waals surface area contributed by atoms with Crippen LogP contribution < -0.4 is 4.74 Å². The van der Waals surface area contributed by atoms with Gasteiger partial charge in [-0.05, 0) is 23.6 Å². The number of imidazole rings is 1. The summed E-state index contributed by atoms with van der Waals surface area (Å²) in [5.74, 6) is -0.0322. The van der Waals surface area contributed by atoms with Gasteiger partial charge in [-0.2, -0.15) is 4.98 Å². The Morgan fingerprint density at radius 2 is 1.76 bits per heavy atom. The summed E-state index contributed by atoms with van der Waals surface area (Å²) in [4.78, 5) is 17.2. The summed E-state index contributed by atoms with van der Waals surface area (Å²) < 4.78 is 23.4. The molecule has 0 aliphatic carbocycles. The van der Waals surface area contributed by atoms with E-state index in [1.165, 1.54) is 6.20 Å². The minimum atomic E-state index is -0.561. The quantitative estimate of drug-likeness (QED) is 0.312. The molecule has 0 unspecified atom stereocenters. The van der Waals surface area contributed by atoms with Crippen LogP contribution in [-0.4, -0.2) is 24.5 Å². The fourth-order valence-electron chi connectivity index (χ4n) is 3.95. The first-order valence-electron chi connectivity index (χ1n) is 10.2. The van der Waals surface area contributed by atoms with Crippen molar-refractivity contribution in [2.24, 2.45) is 7.05 Å². The zero-order chi connectivity index (χ0) is 22.5. The van der Waals surface area contributed by atoms with Gasteiger partial charge in [0.25, 0.3) is 0 Å². The van der Waals surface area contributed by atoms with E-state index in [1.54, 1.807) is 30.7 Å². The second-order valence-corrected chi connectivity index (χ2v) is 8.04. The lowest BCUT2D eigenvalue weighted by Crippen LogP contribution is -1.98. The Morgan fingerprint density at radius 3 is 2.64 bits per heavy atom. The molecule has 0 radical (unpaired) electrons. The molecule has 160 valence electrons. The minimum Gasteiger partial charge on any atom is -0.424 e. The van der Waals surface area contributed by atoms with Gasteiger partial charge in [0, 0.05) is 46.9 Å². The lowest BCUT2D eigenvalue weighted by molar-refractivity contribution is 0.444. The van der Waals surface area contributed by atoms with Gasteiger partial charge in [0.1, 0.15) is 17.0 Å². The van der Waals surface area contributed by atoms with Crippen molar-refractivity contribution >= 4 is 44.3 Å². The van der Waals surface area contributed by atoms with Gasteiger partial charge < -0.3 is 9.30 Å². The highest BCUT2D eigenvalue weighted by molar-refractivity contribution is 6.36. The number of halogens is 2. The second-order valence-electron chi connectivity index (χ2n) is 7.63. The smallest absolute Gasteiger partial charge is 0.322 e. The van der Waals surface area contributed by atoms with Crippen molar-refractivity contribution in [3.63, 3.8) is 0 Å². The topological polar surface area (TPSA) is 65.7 Å². The normalized spacial score (nSPS) is 11.5. The highest BCUT2D eigenvalue weighted by atomic mass is 35.5. The van der Waals surface area contributed by atoms with Crippen molar-refractivity contribution in [1.29, 1.82) is 0 Å². The van der Waals surface area contributed by atoms with Gasteiger partial charge in [-0.1, -0.05) is 41.9 Å². The van der Waals surface area contributed by atoms with Crippen LogP contribution in [0.1, 0.15) is 0 Å². The van der Waals surface area contributed by atoms with E-state index in [0.29, 0.717) is 21.7 Å². The summed E-state index contributed by atoms with van der Waals surface area (Å²) in [5.41, 5.74) is 2.64. The Bertz CT molecular complexity index is 1690. The highest BCUT2D eigenvalue weighted by Crippen LogP contribution is 2.35. The maximum atomic E-state index is 15.7. The molecular weight excluding hydrogens is 441 g/mol. The van der Waals surface area contributed by atoms with Crippen LogP contribution in [0.15, 0.2) is 73.3 Å². The molecule has 3 aromatic heterocycles. The molecule has 0 N–H and O–H groups in total. The van der Waals surface area contributed by atoms with Crippen LogP contribution in [0.2, 0.25) is 5.02 Å². The van der Waals surface area contributed by atoms with Gasteiger partial charge in [-0.25, -0.2) is 14.4 Å². The molecule has 0 aliphatic rings. The van der Waals surface area contributed by atoms with Crippen molar-refractivity contribution in [2.45, 2.75) is 0 Å². The summed E-state index contributed by atoms with van der Waals surface area (Å²) in [5, 5.41) is 2.64. The number of rotatable bonds is 3. The summed E-state index contributed by atoms with van der Waals surface area (Å²) in [6, 6.07) is 16.6. The first-order valence-corrected chi connectivity index (χ1v) is 10.5. The molecule has 33 heavy (non-hydrogen) atoms. The van der Waals surface area contributed by atoms with Crippen molar-refractivity contribution in [3.05, 3.63) is 84.2 Å². The largest absolute Gasteiger partial charge is 0.424 e. The summed E-state index contributed by atoms with van der Waals surface area (Å²) in [6.07, 6.45) is 4.77. The molecule has 0 atom stereocenters. The molecule has 0 saturated carbocycles. The molecule has 0 saturated heterocycles. The van der Waals surface area contributed by atoms with E-state index < -0.39 is 5.82 Å². The zero-order valence-electron chi connectivity index (χ0n) is 17.3. The van der Waals surface area contributed by atoms with Gasteiger partial charge in [-0.3, -0.25) is 4.98 Å². The first-order chi connectivity index (χ1) is 16.1. The number of aromatic nitrogens is 5. The lowest BCUT2D eigenvalue weighted by atomic mass is 10.0. The Balaban J connectivity index is 1.46. The predicted molar refractivity (Wildman–Crippen MR) is 126 cm³/mol. The van der Waals surface area contributed by atoms with E-state index in [0.717, 1.165) is 21.8 Å². The van der Waals surface area contributed by atoms with Crippen LogP contribution in [0.3, 0.4) is 0 Å². The van der Waals surface area contributed by atoms with Crippen LogP contribution in [-0.2, 0) is 7.05 Å². The molecule has 6 aromatic rings. The van der Waals surface area contributed by atoms with E-state index in [4.69, 9.17) is 16.3 Å². The SMILES string of the molecule is Cn1cnc2ccc(Oc3ncc4cnc(-c5cccc6cccc(Cl)c56)c(F)c4n3)cc21. The Hall–Kier alpha value is -4.10. The monoisotopic (exact) mass is 455 g/mol. The number of fused-ring (bicyclic) bond motifs is 3. The van der Waals surface area contributed by atoms with E-state index in [2.05, 4.69) is 19.9 Å². The molecule has 0 amide bonds. The number of pyridine rings is 1. The number of ether oxygens (including phenoxy) is 1. The summed E-state index contributed by atoms with van der Waals surface area (Å²) in [6.45, 7) is 0. The standard InChI is InChI=1S/C25H15ClFN5O/c1-32-13-30-19-9-8-16(10-20(19)32)33-25-29-12-15-11-28-24(22(27)23(15)31-25)17-6-2-4-14-5-3-7-18(26)21(14)17/h2-13H,1H3. The van der Waals surface area contributed by atoms with Gasteiger partial charge in [-0.15, -0.1) is 0 Å². The number of hydrogen-bond donors (Lipinski definition) is 0. The number of aryl methyl sites for hydroxylation is 1. The molecular formula is C25H15ClFN5O. The maximum absolute atomic E-state index is 15.7. The Morgan fingerprint density at radius 1 is 0.939 bits per heavy atom. The number of nitrogens with zero attached hydrogens (tertiary/aromatic N) is 5. The number of hydrogen-bond acceptors (Lipinski definition) is 5. The third-order valence-electron chi connectivity index (χ3n) is 5.56. The van der Waals surface area contributed by atoms with Crippen LogP contribution >= 0.6 is 11.6 Å². The van der Waals surface area contributed by atoms with Gasteiger partial charge in [0.2, 0.25) is 0 Å². The maximum Gasteiger partial charge on any atom is 0.322 e. The van der Waals surface area contributed by atoms with Gasteiger partial charge >= 0.3 is 6.01 Å². The third kappa shape index (κ3) is 3.25. The van der Waals surface area contributed by atoms with Gasteiger partial charge in [0.15, 0.2) is 5.82 Å². The minimum absolute atomic E-state index is 0.0380. The van der Waals surface area contributed by atoms with Crippen molar-refractivity contribution < 1.29 is 9.13 Å². The van der Waals surface area contributed by atoms with Crippen LogP contribution in [0.5, 0.6) is 11.8 Å². The molecule has 3 aromatic carbocycles. The molecule has 0 fully saturated rings. The third-order valence-corrected chi connectivity index (χ3v) is 5.87. The van der Waals surface area contributed by atoms with Crippen LogP contribution in [0.25, 0.3) is 44.0 Å². The first kappa shape index (κ1) is 19.6. The molecule has 3 heterocycles. The van der Waals surface area contributed by atoms with E-state index >= 15 is 4.39 Å². The lowest BCUT2D eigenvalue weighted by Gasteiger charge is -2.10. The fourth-order valence-corrected chi connectivity index (χ4v) is 4.24. The van der Waals surface area contributed by atoms with E-state index in [1.807, 2.05) is 48.0 Å². The van der Waals surface area contributed by atoms with E-state index in [9.17, 15) is 0 Å².